The minimum atomic E-state index is -0.264. The highest BCUT2D eigenvalue weighted by atomic mass is 16.7. The molecule has 1 aromatic rings. The highest BCUT2D eigenvalue weighted by Crippen LogP contribution is 2.21. The van der Waals surface area contributed by atoms with E-state index in [4.69, 9.17) is 14.2 Å². The fraction of sp³-hybridized carbons (Fsp3) is 0.500. The van der Waals surface area contributed by atoms with E-state index in [1.807, 2.05) is 37.3 Å². The van der Waals surface area contributed by atoms with Crippen molar-refractivity contribution in [2.75, 3.05) is 19.8 Å². The Balaban J connectivity index is 1.91. The van der Waals surface area contributed by atoms with Crippen LogP contribution in [0, 0.1) is 0 Å². The summed E-state index contributed by atoms with van der Waals surface area (Å²) in [6, 6.07) is 9.97. The first kappa shape index (κ1) is 10.6. The van der Waals surface area contributed by atoms with Crippen molar-refractivity contribution >= 4 is 0 Å². The molecule has 0 aromatic heterocycles. The molecule has 0 spiro atoms. The van der Waals surface area contributed by atoms with Gasteiger partial charge in [-0.1, -0.05) is 30.3 Å². The van der Waals surface area contributed by atoms with E-state index in [0.717, 1.165) is 12.2 Å². The van der Waals surface area contributed by atoms with Crippen LogP contribution in [0.15, 0.2) is 30.3 Å². The average molecular weight is 208 g/mol. The van der Waals surface area contributed by atoms with Crippen molar-refractivity contribution in [2.45, 2.75) is 19.3 Å². The lowest BCUT2D eigenvalue weighted by Crippen LogP contribution is -2.12. The van der Waals surface area contributed by atoms with Crippen LogP contribution in [0.1, 0.15) is 18.8 Å². The highest BCUT2D eigenvalue weighted by Gasteiger charge is 2.24. The SMILES string of the molecule is CCOC(OCC1CO1)c1ccccc1. The van der Waals surface area contributed by atoms with Gasteiger partial charge in [0.2, 0.25) is 0 Å². The van der Waals surface area contributed by atoms with E-state index in [1.54, 1.807) is 0 Å². The topological polar surface area (TPSA) is 31.0 Å². The predicted molar refractivity (Wildman–Crippen MR) is 56.5 cm³/mol. The molecule has 3 nitrogen and oxygen atoms in total. The molecular formula is C12H16O3. The van der Waals surface area contributed by atoms with Crippen molar-refractivity contribution < 1.29 is 14.2 Å². The summed E-state index contributed by atoms with van der Waals surface area (Å²) in [5.74, 6) is 0. The third kappa shape index (κ3) is 3.30. The van der Waals surface area contributed by atoms with Crippen LogP contribution in [-0.4, -0.2) is 25.9 Å². The van der Waals surface area contributed by atoms with E-state index in [9.17, 15) is 0 Å². The zero-order chi connectivity index (χ0) is 10.5. The van der Waals surface area contributed by atoms with E-state index >= 15 is 0 Å². The van der Waals surface area contributed by atoms with Crippen LogP contribution in [0.3, 0.4) is 0 Å². The molecule has 0 bridgehead atoms. The molecule has 1 aliphatic rings. The van der Waals surface area contributed by atoms with E-state index in [2.05, 4.69) is 0 Å². The second-order valence-corrected chi connectivity index (χ2v) is 3.49. The molecule has 2 atom stereocenters. The van der Waals surface area contributed by atoms with Gasteiger partial charge in [-0.25, -0.2) is 0 Å². The van der Waals surface area contributed by atoms with E-state index in [-0.39, 0.29) is 12.4 Å². The van der Waals surface area contributed by atoms with Gasteiger partial charge in [0.15, 0.2) is 6.29 Å². The van der Waals surface area contributed by atoms with Gasteiger partial charge in [0.25, 0.3) is 0 Å². The summed E-state index contributed by atoms with van der Waals surface area (Å²) in [6.45, 7) is 4.03. The maximum atomic E-state index is 5.65. The highest BCUT2D eigenvalue weighted by molar-refractivity contribution is 5.15. The van der Waals surface area contributed by atoms with Crippen molar-refractivity contribution in [1.29, 1.82) is 0 Å². The van der Waals surface area contributed by atoms with Crippen molar-refractivity contribution in [2.24, 2.45) is 0 Å². The molecule has 3 heteroatoms. The van der Waals surface area contributed by atoms with Gasteiger partial charge < -0.3 is 14.2 Å². The fourth-order valence-electron chi connectivity index (χ4n) is 1.36. The molecule has 2 rings (SSSR count). The number of hydrogen-bond acceptors (Lipinski definition) is 3. The lowest BCUT2D eigenvalue weighted by Gasteiger charge is -2.17. The van der Waals surface area contributed by atoms with Gasteiger partial charge in [0, 0.05) is 12.2 Å². The molecule has 1 aliphatic heterocycles. The number of ether oxygens (including phenoxy) is 3. The van der Waals surface area contributed by atoms with Crippen LogP contribution < -0.4 is 0 Å². The van der Waals surface area contributed by atoms with E-state index in [0.29, 0.717) is 13.2 Å². The third-order valence-corrected chi connectivity index (χ3v) is 2.23. The number of rotatable bonds is 6. The van der Waals surface area contributed by atoms with Gasteiger partial charge in [-0.2, -0.15) is 0 Å². The molecule has 1 heterocycles. The van der Waals surface area contributed by atoms with Crippen molar-refractivity contribution in [3.05, 3.63) is 35.9 Å². The van der Waals surface area contributed by atoms with Crippen LogP contribution in [0.5, 0.6) is 0 Å². The Morgan fingerprint density at radius 2 is 2.07 bits per heavy atom. The first-order valence-corrected chi connectivity index (χ1v) is 5.30. The fourth-order valence-corrected chi connectivity index (χ4v) is 1.36. The summed E-state index contributed by atoms with van der Waals surface area (Å²) in [4.78, 5) is 0. The van der Waals surface area contributed by atoms with Gasteiger partial charge in [0.05, 0.1) is 13.2 Å². The zero-order valence-corrected chi connectivity index (χ0v) is 8.89. The van der Waals surface area contributed by atoms with Gasteiger partial charge >= 0.3 is 0 Å². The Labute approximate surface area is 90.0 Å². The molecule has 0 radical (unpaired) electrons. The molecule has 2 unspecified atom stereocenters. The quantitative estimate of drug-likeness (QED) is 0.530. The smallest absolute Gasteiger partial charge is 0.183 e. The van der Waals surface area contributed by atoms with Crippen LogP contribution in [0.25, 0.3) is 0 Å². The monoisotopic (exact) mass is 208 g/mol. The third-order valence-electron chi connectivity index (χ3n) is 2.23. The molecule has 15 heavy (non-hydrogen) atoms. The lowest BCUT2D eigenvalue weighted by atomic mass is 10.2. The standard InChI is InChI=1S/C12H16O3/c1-2-13-12(15-9-11-8-14-11)10-6-4-3-5-7-10/h3-7,11-12H,2,8-9H2,1H3. The van der Waals surface area contributed by atoms with Gasteiger partial charge in [-0.05, 0) is 6.92 Å². The molecule has 1 aromatic carbocycles. The largest absolute Gasteiger partial charge is 0.371 e. The molecule has 0 amide bonds. The Hall–Kier alpha value is -0.900. The predicted octanol–water partition coefficient (Wildman–Crippen LogP) is 2.14. The van der Waals surface area contributed by atoms with Crippen molar-refractivity contribution in [3.8, 4) is 0 Å². The van der Waals surface area contributed by atoms with Crippen LogP contribution >= 0.6 is 0 Å². The molecule has 82 valence electrons. The van der Waals surface area contributed by atoms with Crippen LogP contribution in [0.4, 0.5) is 0 Å². The molecule has 0 saturated carbocycles. The first-order valence-electron chi connectivity index (χ1n) is 5.30. The van der Waals surface area contributed by atoms with Gasteiger partial charge in [-0.15, -0.1) is 0 Å². The van der Waals surface area contributed by atoms with Crippen molar-refractivity contribution in [1.82, 2.24) is 0 Å². The molecule has 0 aliphatic carbocycles. The number of benzene rings is 1. The van der Waals surface area contributed by atoms with E-state index in [1.165, 1.54) is 0 Å². The summed E-state index contributed by atoms with van der Waals surface area (Å²) < 4.78 is 16.3. The zero-order valence-electron chi connectivity index (χ0n) is 8.89. The van der Waals surface area contributed by atoms with Crippen molar-refractivity contribution in [3.63, 3.8) is 0 Å². The van der Waals surface area contributed by atoms with Crippen LogP contribution in [0.2, 0.25) is 0 Å². The maximum Gasteiger partial charge on any atom is 0.183 e. The number of epoxide rings is 1. The minimum Gasteiger partial charge on any atom is -0.371 e. The Bertz CT molecular complexity index is 282. The summed E-state index contributed by atoms with van der Waals surface area (Å²) >= 11 is 0. The Morgan fingerprint density at radius 1 is 1.33 bits per heavy atom. The molecule has 1 saturated heterocycles. The Kier molecular flexibility index (Phi) is 3.72. The molecule has 0 N–H and O–H groups in total. The summed E-state index contributed by atoms with van der Waals surface area (Å²) in [5.41, 5.74) is 1.06. The summed E-state index contributed by atoms with van der Waals surface area (Å²) in [6.07, 6.45) is 0.0112. The molecular weight excluding hydrogens is 192 g/mol. The Morgan fingerprint density at radius 3 is 2.67 bits per heavy atom. The number of hydrogen-bond donors (Lipinski definition) is 0. The molecule has 1 fully saturated rings. The lowest BCUT2D eigenvalue weighted by molar-refractivity contribution is -0.146. The van der Waals surface area contributed by atoms with Gasteiger partial charge in [-0.3, -0.25) is 0 Å². The minimum absolute atomic E-state index is 0.264. The average Bonchev–Trinajstić information content (AvgIpc) is 3.09. The van der Waals surface area contributed by atoms with Gasteiger partial charge in [0.1, 0.15) is 6.10 Å². The summed E-state index contributed by atoms with van der Waals surface area (Å²) in [7, 11) is 0. The second-order valence-electron chi connectivity index (χ2n) is 3.49. The first-order chi connectivity index (χ1) is 7.40. The van der Waals surface area contributed by atoms with E-state index < -0.39 is 0 Å². The maximum absolute atomic E-state index is 5.65. The van der Waals surface area contributed by atoms with Crippen LogP contribution in [-0.2, 0) is 14.2 Å². The normalized spacial score (nSPS) is 21.3. The second kappa shape index (κ2) is 5.26. The summed E-state index contributed by atoms with van der Waals surface area (Å²) in [5, 5.41) is 0.